The maximum Gasteiger partial charge on any atom is 0.239 e. The molecule has 1 unspecified atom stereocenters. The molecule has 0 aromatic rings. The molecule has 0 aromatic carbocycles. The van der Waals surface area contributed by atoms with E-state index in [1.54, 1.807) is 12.0 Å². The topological polar surface area (TPSA) is 84.7 Å². The highest BCUT2D eigenvalue weighted by atomic mass is 16.5. The minimum absolute atomic E-state index is 0.0115. The van der Waals surface area contributed by atoms with Crippen molar-refractivity contribution in [2.45, 2.75) is 44.7 Å². The molecular formula is C13H25N3O3. The second kappa shape index (κ2) is 8.12. The molecule has 1 aliphatic heterocycles. The molecule has 6 nitrogen and oxygen atoms in total. The van der Waals surface area contributed by atoms with E-state index < -0.39 is 6.04 Å². The third-order valence-electron chi connectivity index (χ3n) is 3.39. The molecule has 1 fully saturated rings. The Labute approximate surface area is 114 Å². The van der Waals surface area contributed by atoms with Gasteiger partial charge >= 0.3 is 0 Å². The Balaban J connectivity index is 2.29. The maximum atomic E-state index is 12.1. The van der Waals surface area contributed by atoms with E-state index in [9.17, 15) is 9.59 Å². The molecule has 19 heavy (non-hydrogen) atoms. The SMILES string of the molecule is COCCCC(N)C(=O)N1CCC(NC(C)=O)CC1. The fourth-order valence-corrected chi connectivity index (χ4v) is 2.34. The lowest BCUT2D eigenvalue weighted by Crippen LogP contribution is -2.50. The van der Waals surface area contributed by atoms with Crippen LogP contribution < -0.4 is 11.1 Å². The van der Waals surface area contributed by atoms with Gasteiger partial charge in [-0.1, -0.05) is 0 Å². The lowest BCUT2D eigenvalue weighted by Gasteiger charge is -2.33. The molecule has 0 radical (unpaired) electrons. The Morgan fingerprint density at radius 3 is 2.58 bits per heavy atom. The summed E-state index contributed by atoms with van der Waals surface area (Å²) in [5, 5.41) is 2.89. The first kappa shape index (κ1) is 15.9. The second-order valence-electron chi connectivity index (χ2n) is 5.04. The molecule has 1 heterocycles. The number of rotatable bonds is 6. The number of piperidine rings is 1. The number of nitrogens with two attached hydrogens (primary N) is 1. The summed E-state index contributed by atoms with van der Waals surface area (Å²) in [5.41, 5.74) is 5.89. The van der Waals surface area contributed by atoms with E-state index in [0.29, 0.717) is 26.1 Å². The third kappa shape index (κ3) is 5.57. The van der Waals surface area contributed by atoms with Crippen molar-refractivity contribution in [3.63, 3.8) is 0 Å². The Kier molecular flexibility index (Phi) is 6.80. The van der Waals surface area contributed by atoms with Crippen LogP contribution in [0.15, 0.2) is 0 Å². The van der Waals surface area contributed by atoms with Crippen LogP contribution in [-0.2, 0) is 14.3 Å². The fraction of sp³-hybridized carbons (Fsp3) is 0.846. The highest BCUT2D eigenvalue weighted by Gasteiger charge is 2.26. The van der Waals surface area contributed by atoms with Gasteiger partial charge in [-0.15, -0.1) is 0 Å². The first-order valence-corrected chi connectivity index (χ1v) is 6.85. The number of nitrogens with one attached hydrogen (secondary N) is 1. The van der Waals surface area contributed by atoms with Gasteiger partial charge in [0, 0.05) is 39.8 Å². The second-order valence-corrected chi connectivity index (χ2v) is 5.04. The summed E-state index contributed by atoms with van der Waals surface area (Å²) in [6.45, 7) is 3.48. The van der Waals surface area contributed by atoms with Gasteiger partial charge in [0.15, 0.2) is 0 Å². The van der Waals surface area contributed by atoms with Crippen LogP contribution in [0, 0.1) is 0 Å². The van der Waals surface area contributed by atoms with E-state index in [4.69, 9.17) is 10.5 Å². The van der Waals surface area contributed by atoms with Crippen LogP contribution in [0.3, 0.4) is 0 Å². The highest BCUT2D eigenvalue weighted by Crippen LogP contribution is 2.12. The molecule has 2 amide bonds. The number of likely N-dealkylation sites (tertiary alicyclic amines) is 1. The lowest BCUT2D eigenvalue weighted by atomic mass is 10.0. The first-order valence-electron chi connectivity index (χ1n) is 6.85. The number of carbonyl (C=O) groups excluding carboxylic acids is 2. The lowest BCUT2D eigenvalue weighted by molar-refractivity contribution is -0.134. The standard InChI is InChI=1S/C13H25N3O3/c1-10(17)15-11-5-7-16(8-6-11)13(18)12(14)4-3-9-19-2/h11-12H,3-9,14H2,1-2H3,(H,15,17). The molecular weight excluding hydrogens is 246 g/mol. The number of hydrogen-bond donors (Lipinski definition) is 2. The number of methoxy groups -OCH3 is 1. The maximum absolute atomic E-state index is 12.1. The average molecular weight is 271 g/mol. The summed E-state index contributed by atoms with van der Waals surface area (Å²) in [4.78, 5) is 24.9. The molecule has 0 saturated carbocycles. The van der Waals surface area contributed by atoms with E-state index in [1.165, 1.54) is 6.92 Å². The van der Waals surface area contributed by atoms with Crippen molar-refractivity contribution in [3.8, 4) is 0 Å². The smallest absolute Gasteiger partial charge is 0.239 e. The van der Waals surface area contributed by atoms with Crippen LogP contribution in [0.25, 0.3) is 0 Å². The summed E-state index contributed by atoms with van der Waals surface area (Å²) < 4.78 is 4.95. The molecule has 0 spiro atoms. The molecule has 6 heteroatoms. The molecule has 110 valence electrons. The number of hydrogen-bond acceptors (Lipinski definition) is 4. The Hall–Kier alpha value is -1.14. The first-order chi connectivity index (χ1) is 9.04. The quantitative estimate of drug-likeness (QED) is 0.659. The highest BCUT2D eigenvalue weighted by molar-refractivity contribution is 5.81. The van der Waals surface area contributed by atoms with Crippen molar-refractivity contribution in [2.75, 3.05) is 26.8 Å². The number of amides is 2. The van der Waals surface area contributed by atoms with E-state index >= 15 is 0 Å². The minimum Gasteiger partial charge on any atom is -0.385 e. The molecule has 1 atom stereocenters. The zero-order valence-electron chi connectivity index (χ0n) is 11.9. The van der Waals surface area contributed by atoms with Crippen LogP contribution in [0.1, 0.15) is 32.6 Å². The Bertz CT molecular complexity index is 302. The Morgan fingerprint density at radius 2 is 2.05 bits per heavy atom. The van der Waals surface area contributed by atoms with Gasteiger partial charge in [0.25, 0.3) is 0 Å². The van der Waals surface area contributed by atoms with Crippen LogP contribution >= 0.6 is 0 Å². The summed E-state index contributed by atoms with van der Waals surface area (Å²) in [6, 6.07) is -0.251. The van der Waals surface area contributed by atoms with Gasteiger partial charge in [-0.2, -0.15) is 0 Å². The predicted octanol–water partition coefficient (Wildman–Crippen LogP) is -0.133. The van der Waals surface area contributed by atoms with Crippen LogP contribution in [-0.4, -0.2) is 55.6 Å². The van der Waals surface area contributed by atoms with E-state index in [-0.39, 0.29) is 17.9 Å². The molecule has 0 bridgehead atoms. The summed E-state index contributed by atoms with van der Waals surface area (Å²) in [6.07, 6.45) is 3.05. The van der Waals surface area contributed by atoms with Crippen molar-refractivity contribution >= 4 is 11.8 Å². The zero-order chi connectivity index (χ0) is 14.3. The van der Waals surface area contributed by atoms with E-state index in [1.807, 2.05) is 0 Å². The monoisotopic (exact) mass is 271 g/mol. The summed E-state index contributed by atoms with van der Waals surface area (Å²) in [7, 11) is 1.64. The van der Waals surface area contributed by atoms with Gasteiger partial charge < -0.3 is 20.7 Å². The molecule has 1 saturated heterocycles. The number of nitrogens with zero attached hydrogens (tertiary/aromatic N) is 1. The van der Waals surface area contributed by atoms with Crippen molar-refractivity contribution in [1.29, 1.82) is 0 Å². The van der Waals surface area contributed by atoms with E-state index in [2.05, 4.69) is 5.32 Å². The number of ether oxygens (including phenoxy) is 1. The largest absolute Gasteiger partial charge is 0.385 e. The van der Waals surface area contributed by atoms with Crippen molar-refractivity contribution in [2.24, 2.45) is 5.73 Å². The summed E-state index contributed by atoms with van der Waals surface area (Å²) >= 11 is 0. The van der Waals surface area contributed by atoms with Crippen LogP contribution in [0.4, 0.5) is 0 Å². The van der Waals surface area contributed by atoms with Crippen molar-refractivity contribution in [3.05, 3.63) is 0 Å². The predicted molar refractivity (Wildman–Crippen MR) is 72.5 cm³/mol. The van der Waals surface area contributed by atoms with Crippen molar-refractivity contribution < 1.29 is 14.3 Å². The molecule has 3 N–H and O–H groups in total. The van der Waals surface area contributed by atoms with Crippen LogP contribution in [0.5, 0.6) is 0 Å². The van der Waals surface area contributed by atoms with Gasteiger partial charge in [-0.3, -0.25) is 9.59 Å². The Morgan fingerprint density at radius 1 is 1.42 bits per heavy atom. The molecule has 1 rings (SSSR count). The third-order valence-corrected chi connectivity index (χ3v) is 3.39. The van der Waals surface area contributed by atoms with Gasteiger partial charge in [-0.05, 0) is 25.7 Å². The minimum atomic E-state index is -0.438. The van der Waals surface area contributed by atoms with E-state index in [0.717, 1.165) is 19.3 Å². The molecule has 0 aliphatic carbocycles. The fourth-order valence-electron chi connectivity index (χ4n) is 2.34. The van der Waals surface area contributed by atoms with Gasteiger partial charge in [-0.25, -0.2) is 0 Å². The normalized spacial score (nSPS) is 18.2. The van der Waals surface area contributed by atoms with Gasteiger partial charge in [0.05, 0.1) is 6.04 Å². The average Bonchev–Trinajstić information content (AvgIpc) is 2.38. The summed E-state index contributed by atoms with van der Waals surface area (Å²) in [5.74, 6) is -0.00146. The van der Waals surface area contributed by atoms with Gasteiger partial charge in [0.2, 0.25) is 11.8 Å². The number of carbonyl (C=O) groups is 2. The molecule has 0 aromatic heterocycles. The molecule has 1 aliphatic rings. The zero-order valence-corrected chi connectivity index (χ0v) is 11.9. The van der Waals surface area contributed by atoms with Gasteiger partial charge in [0.1, 0.15) is 0 Å². The van der Waals surface area contributed by atoms with Crippen LogP contribution in [0.2, 0.25) is 0 Å². The van der Waals surface area contributed by atoms with Crippen molar-refractivity contribution in [1.82, 2.24) is 10.2 Å².